The van der Waals surface area contributed by atoms with Crippen molar-refractivity contribution in [2.24, 2.45) is 4.99 Å². The van der Waals surface area contributed by atoms with Crippen LogP contribution in [-0.2, 0) is 4.79 Å². The van der Waals surface area contributed by atoms with Gasteiger partial charge in [-0.1, -0.05) is 18.2 Å². The molecule has 1 aromatic heterocycles. The van der Waals surface area contributed by atoms with Crippen molar-refractivity contribution in [3.63, 3.8) is 0 Å². The van der Waals surface area contributed by atoms with Crippen LogP contribution >= 0.6 is 11.8 Å². The molecule has 2 aromatic rings. The smallest absolute Gasteiger partial charge is 0.266 e. The first-order chi connectivity index (χ1) is 10.2. The normalized spacial score (nSPS) is 18.7. The van der Waals surface area contributed by atoms with Crippen molar-refractivity contribution in [2.75, 3.05) is 7.05 Å². The second-order valence-electron chi connectivity index (χ2n) is 4.49. The zero-order valence-corrected chi connectivity index (χ0v) is 12.2. The number of para-hydroxylation sites is 1. The fourth-order valence-corrected chi connectivity index (χ4v) is 2.86. The lowest BCUT2D eigenvalue weighted by Crippen LogP contribution is -2.23. The number of pyridine rings is 1. The van der Waals surface area contributed by atoms with Gasteiger partial charge in [-0.2, -0.15) is 0 Å². The van der Waals surface area contributed by atoms with Crippen LogP contribution in [0, 0.1) is 0 Å². The number of hydrogen-bond acceptors (Lipinski definition) is 4. The lowest BCUT2D eigenvalue weighted by atomic mass is 10.2. The molecular weight excluding hydrogens is 282 g/mol. The van der Waals surface area contributed by atoms with E-state index in [0.29, 0.717) is 10.1 Å². The van der Waals surface area contributed by atoms with E-state index in [0.717, 1.165) is 11.3 Å². The summed E-state index contributed by atoms with van der Waals surface area (Å²) in [5, 5.41) is 0.687. The molecule has 1 saturated heterocycles. The monoisotopic (exact) mass is 295 g/mol. The van der Waals surface area contributed by atoms with E-state index in [2.05, 4.69) is 9.98 Å². The van der Waals surface area contributed by atoms with Gasteiger partial charge in [-0.3, -0.25) is 14.7 Å². The van der Waals surface area contributed by atoms with Crippen LogP contribution in [0.2, 0.25) is 0 Å². The lowest BCUT2D eigenvalue weighted by Gasteiger charge is -2.06. The number of thioether (sulfide) groups is 1. The minimum Gasteiger partial charge on any atom is -0.290 e. The predicted molar refractivity (Wildman–Crippen MR) is 86.1 cm³/mol. The van der Waals surface area contributed by atoms with Gasteiger partial charge in [0, 0.05) is 19.4 Å². The van der Waals surface area contributed by atoms with Gasteiger partial charge in [-0.25, -0.2) is 4.99 Å². The molecule has 1 aromatic carbocycles. The first-order valence-electron chi connectivity index (χ1n) is 6.45. The topological polar surface area (TPSA) is 45.6 Å². The molecule has 1 fully saturated rings. The van der Waals surface area contributed by atoms with E-state index in [9.17, 15) is 4.79 Å². The summed E-state index contributed by atoms with van der Waals surface area (Å²) >= 11 is 1.38. The third-order valence-electron chi connectivity index (χ3n) is 2.99. The van der Waals surface area contributed by atoms with Crippen molar-refractivity contribution in [1.82, 2.24) is 9.88 Å². The highest BCUT2D eigenvalue weighted by Crippen LogP contribution is 2.32. The van der Waals surface area contributed by atoms with Gasteiger partial charge in [0.05, 0.1) is 10.6 Å². The van der Waals surface area contributed by atoms with Crippen molar-refractivity contribution in [1.29, 1.82) is 0 Å². The van der Waals surface area contributed by atoms with Crippen LogP contribution in [0.15, 0.2) is 64.8 Å². The van der Waals surface area contributed by atoms with Crippen LogP contribution < -0.4 is 0 Å². The van der Waals surface area contributed by atoms with Crippen LogP contribution in [0.4, 0.5) is 5.69 Å². The maximum absolute atomic E-state index is 12.3. The number of aliphatic imine (C=N–C) groups is 1. The highest BCUT2D eigenvalue weighted by atomic mass is 32.2. The molecule has 0 atom stereocenters. The van der Waals surface area contributed by atoms with Gasteiger partial charge in [-0.15, -0.1) is 0 Å². The Bertz CT molecular complexity index is 711. The Balaban J connectivity index is 1.89. The van der Waals surface area contributed by atoms with E-state index >= 15 is 0 Å². The van der Waals surface area contributed by atoms with E-state index in [1.807, 2.05) is 48.5 Å². The van der Waals surface area contributed by atoms with E-state index in [4.69, 9.17) is 0 Å². The van der Waals surface area contributed by atoms with Gasteiger partial charge in [-0.05, 0) is 47.7 Å². The molecule has 0 aliphatic carbocycles. The SMILES string of the molecule is CN1C(=O)/C(=C/c2ccncc2)SC1=Nc1ccccc1. The molecule has 1 amide bonds. The summed E-state index contributed by atoms with van der Waals surface area (Å²) < 4.78 is 0. The van der Waals surface area contributed by atoms with Gasteiger partial charge in [0.15, 0.2) is 5.17 Å². The quantitative estimate of drug-likeness (QED) is 0.798. The number of rotatable bonds is 2. The summed E-state index contributed by atoms with van der Waals surface area (Å²) in [7, 11) is 1.74. The number of carbonyl (C=O) groups is 1. The maximum Gasteiger partial charge on any atom is 0.266 e. The molecule has 1 aliphatic heterocycles. The Kier molecular flexibility index (Phi) is 3.83. The molecule has 0 spiro atoms. The first kappa shape index (κ1) is 13.6. The van der Waals surface area contributed by atoms with Crippen LogP contribution in [-0.4, -0.2) is 28.0 Å². The summed E-state index contributed by atoms with van der Waals surface area (Å²) in [5.74, 6) is -0.0357. The zero-order valence-electron chi connectivity index (χ0n) is 11.4. The summed E-state index contributed by atoms with van der Waals surface area (Å²) in [5.41, 5.74) is 1.79. The molecule has 0 radical (unpaired) electrons. The Hall–Kier alpha value is -2.40. The Morgan fingerprint density at radius 1 is 1.14 bits per heavy atom. The molecular formula is C16H13N3OS. The highest BCUT2D eigenvalue weighted by molar-refractivity contribution is 8.18. The number of aromatic nitrogens is 1. The van der Waals surface area contributed by atoms with Gasteiger partial charge < -0.3 is 0 Å². The van der Waals surface area contributed by atoms with E-state index in [1.54, 1.807) is 24.3 Å². The highest BCUT2D eigenvalue weighted by Gasteiger charge is 2.30. The lowest BCUT2D eigenvalue weighted by molar-refractivity contribution is -0.121. The third-order valence-corrected chi connectivity index (χ3v) is 4.05. The summed E-state index contributed by atoms with van der Waals surface area (Å²) in [6, 6.07) is 13.4. The average molecular weight is 295 g/mol. The minimum atomic E-state index is -0.0357. The van der Waals surface area contributed by atoms with Crippen LogP contribution in [0.25, 0.3) is 6.08 Å². The number of hydrogen-bond donors (Lipinski definition) is 0. The molecule has 104 valence electrons. The third kappa shape index (κ3) is 3.03. The molecule has 21 heavy (non-hydrogen) atoms. The average Bonchev–Trinajstić information content (AvgIpc) is 2.78. The van der Waals surface area contributed by atoms with E-state index in [-0.39, 0.29) is 5.91 Å². The summed E-state index contributed by atoms with van der Waals surface area (Å²) in [6.07, 6.45) is 5.27. The van der Waals surface area contributed by atoms with Crippen LogP contribution in [0.5, 0.6) is 0 Å². The largest absolute Gasteiger partial charge is 0.290 e. The maximum atomic E-state index is 12.3. The van der Waals surface area contributed by atoms with Gasteiger partial charge in [0.25, 0.3) is 5.91 Å². The molecule has 0 saturated carbocycles. The second-order valence-corrected chi connectivity index (χ2v) is 5.49. The number of nitrogens with zero attached hydrogens (tertiary/aromatic N) is 3. The molecule has 5 heteroatoms. The van der Waals surface area contributed by atoms with Crippen LogP contribution in [0.1, 0.15) is 5.56 Å². The number of benzene rings is 1. The van der Waals surface area contributed by atoms with Crippen LogP contribution in [0.3, 0.4) is 0 Å². The molecule has 2 heterocycles. The first-order valence-corrected chi connectivity index (χ1v) is 7.27. The van der Waals surface area contributed by atoms with Crippen molar-refractivity contribution in [3.05, 3.63) is 65.3 Å². The zero-order chi connectivity index (χ0) is 14.7. The molecule has 0 N–H and O–H groups in total. The van der Waals surface area contributed by atoms with E-state index in [1.165, 1.54) is 11.8 Å². The standard InChI is InChI=1S/C16H13N3OS/c1-19-15(20)14(11-12-7-9-17-10-8-12)21-16(19)18-13-5-3-2-4-6-13/h2-11H,1H3/b14-11-,18-16?. The summed E-state index contributed by atoms with van der Waals surface area (Å²) in [6.45, 7) is 0. The van der Waals surface area contributed by atoms with Gasteiger partial charge in [0.1, 0.15) is 0 Å². The van der Waals surface area contributed by atoms with Gasteiger partial charge >= 0.3 is 0 Å². The molecule has 3 rings (SSSR count). The number of likely N-dealkylation sites (N-methyl/N-ethyl adjacent to an activating group) is 1. The Morgan fingerprint density at radius 3 is 2.57 bits per heavy atom. The van der Waals surface area contributed by atoms with E-state index < -0.39 is 0 Å². The van der Waals surface area contributed by atoms with Gasteiger partial charge in [0.2, 0.25) is 0 Å². The predicted octanol–water partition coefficient (Wildman–Crippen LogP) is 3.32. The Labute approximate surface area is 127 Å². The fourth-order valence-electron chi connectivity index (χ4n) is 1.88. The molecule has 4 nitrogen and oxygen atoms in total. The van der Waals surface area contributed by atoms with Crippen molar-refractivity contribution < 1.29 is 4.79 Å². The molecule has 0 unspecified atom stereocenters. The summed E-state index contributed by atoms with van der Waals surface area (Å²) in [4.78, 5) is 23.0. The Morgan fingerprint density at radius 2 is 1.86 bits per heavy atom. The molecule has 1 aliphatic rings. The minimum absolute atomic E-state index is 0.0357. The molecule has 0 bridgehead atoms. The second kappa shape index (κ2) is 5.93. The number of carbonyl (C=O) groups excluding carboxylic acids is 1. The number of amidine groups is 1. The van der Waals surface area contributed by atoms with Crippen molar-refractivity contribution >= 4 is 34.6 Å². The fraction of sp³-hybridized carbons (Fsp3) is 0.0625. The van der Waals surface area contributed by atoms with Crippen molar-refractivity contribution in [3.8, 4) is 0 Å². The van der Waals surface area contributed by atoms with Crippen molar-refractivity contribution in [2.45, 2.75) is 0 Å². The number of amides is 1.